The van der Waals surface area contributed by atoms with Gasteiger partial charge >= 0.3 is 0 Å². The molecular formula is C13H18N6O2. The lowest BCUT2D eigenvalue weighted by Crippen LogP contribution is -2.23. The molecule has 0 spiro atoms. The highest BCUT2D eigenvalue weighted by atomic mass is 16.6. The van der Waals surface area contributed by atoms with Crippen LogP contribution in [0.1, 0.15) is 16.8 Å². The predicted octanol–water partition coefficient (Wildman–Crippen LogP) is 1.11. The summed E-state index contributed by atoms with van der Waals surface area (Å²) in [6.07, 6.45) is 0. The van der Waals surface area contributed by atoms with Gasteiger partial charge in [-0.15, -0.1) is 0 Å². The number of amidine groups is 1. The van der Waals surface area contributed by atoms with Gasteiger partial charge in [0.15, 0.2) is 11.5 Å². The molecule has 0 aliphatic rings. The van der Waals surface area contributed by atoms with Crippen molar-refractivity contribution < 1.29 is 9.84 Å². The molecule has 2 aromatic rings. The number of anilines is 1. The van der Waals surface area contributed by atoms with Crippen molar-refractivity contribution in [3.8, 4) is 0 Å². The molecule has 0 saturated heterocycles. The van der Waals surface area contributed by atoms with E-state index < -0.39 is 0 Å². The van der Waals surface area contributed by atoms with Gasteiger partial charge in [0.25, 0.3) is 0 Å². The van der Waals surface area contributed by atoms with Gasteiger partial charge < -0.3 is 11.1 Å². The van der Waals surface area contributed by atoms with Crippen LogP contribution in [0.4, 0.5) is 11.5 Å². The lowest BCUT2D eigenvalue weighted by molar-refractivity contribution is 0.234. The molecule has 1 aromatic heterocycles. The number of nitrogens with two attached hydrogens (primary N) is 1. The van der Waals surface area contributed by atoms with E-state index in [1.165, 1.54) is 0 Å². The molecule has 8 heteroatoms. The number of nitrogens with one attached hydrogen (secondary N) is 2. The Balaban J connectivity index is 2.34. The van der Waals surface area contributed by atoms with Gasteiger partial charge in [-0.05, 0) is 47.4 Å². The molecule has 0 amide bonds. The summed E-state index contributed by atoms with van der Waals surface area (Å²) in [5.74, 6) is 0.505. The predicted molar refractivity (Wildman–Crippen MR) is 78.9 cm³/mol. The number of aromatic nitrogens is 2. The molecule has 112 valence electrons. The average Bonchev–Trinajstić information content (AvgIpc) is 2.89. The minimum absolute atomic E-state index is 0.140. The number of rotatable bonds is 5. The first-order chi connectivity index (χ1) is 10.1. The lowest BCUT2D eigenvalue weighted by atomic mass is 10.1. The number of hydroxylamine groups is 1. The van der Waals surface area contributed by atoms with E-state index in [2.05, 4.69) is 25.3 Å². The van der Waals surface area contributed by atoms with Gasteiger partial charge in [-0.1, -0.05) is 6.07 Å². The minimum Gasteiger partial charge on any atom is -0.364 e. The van der Waals surface area contributed by atoms with Gasteiger partial charge in [0, 0.05) is 13.1 Å². The number of aryl methyl sites for hydroxylation is 2. The third kappa shape index (κ3) is 3.77. The highest BCUT2D eigenvalue weighted by Gasteiger charge is 2.16. The van der Waals surface area contributed by atoms with Crippen molar-refractivity contribution in [2.75, 3.05) is 18.4 Å². The summed E-state index contributed by atoms with van der Waals surface area (Å²) in [5, 5.41) is 19.7. The van der Waals surface area contributed by atoms with Crippen LogP contribution in [0.15, 0.2) is 27.8 Å². The Labute approximate surface area is 122 Å². The molecule has 8 nitrogen and oxygen atoms in total. The number of hydrogen-bond acceptors (Lipinski definition) is 7. The fourth-order valence-electron chi connectivity index (χ4n) is 1.93. The fraction of sp³-hybridized carbons (Fsp3) is 0.308. The maximum Gasteiger partial charge on any atom is 0.202 e. The summed E-state index contributed by atoms with van der Waals surface area (Å²) in [6.45, 7) is 4.89. The van der Waals surface area contributed by atoms with Gasteiger partial charge in [0.05, 0.1) is 5.69 Å². The molecule has 2 rings (SSSR count). The zero-order valence-corrected chi connectivity index (χ0v) is 11.9. The largest absolute Gasteiger partial charge is 0.364 e. The normalized spacial score (nSPS) is 11.5. The highest BCUT2D eigenvalue weighted by Crippen LogP contribution is 2.19. The molecule has 0 fully saturated rings. The van der Waals surface area contributed by atoms with E-state index in [-0.39, 0.29) is 11.5 Å². The molecule has 1 aromatic carbocycles. The van der Waals surface area contributed by atoms with Gasteiger partial charge in [0.1, 0.15) is 0 Å². The Morgan fingerprint density at radius 3 is 2.62 bits per heavy atom. The van der Waals surface area contributed by atoms with Crippen LogP contribution in [0.5, 0.6) is 0 Å². The Bertz CT molecular complexity index is 617. The summed E-state index contributed by atoms with van der Waals surface area (Å²) in [7, 11) is 0. The molecule has 0 aliphatic carbocycles. The summed E-state index contributed by atoms with van der Waals surface area (Å²) >= 11 is 0. The second-order valence-electron chi connectivity index (χ2n) is 4.60. The number of nitrogens with zero attached hydrogens (tertiary/aromatic N) is 3. The molecule has 5 N–H and O–H groups in total. The van der Waals surface area contributed by atoms with Gasteiger partial charge in [-0.2, -0.15) is 0 Å². The maximum absolute atomic E-state index is 9.30. The minimum atomic E-state index is 0.140. The highest BCUT2D eigenvalue weighted by molar-refractivity contribution is 6.01. The van der Waals surface area contributed by atoms with Gasteiger partial charge in [0.2, 0.25) is 5.82 Å². The van der Waals surface area contributed by atoms with Crippen molar-refractivity contribution in [1.82, 2.24) is 15.8 Å². The van der Waals surface area contributed by atoms with Crippen molar-refractivity contribution in [3.63, 3.8) is 0 Å². The maximum atomic E-state index is 9.30. The number of benzene rings is 1. The third-order valence-corrected chi connectivity index (χ3v) is 2.70. The second kappa shape index (κ2) is 6.82. The Hall–Kier alpha value is -2.45. The Kier molecular flexibility index (Phi) is 4.85. The van der Waals surface area contributed by atoms with E-state index in [9.17, 15) is 5.21 Å². The van der Waals surface area contributed by atoms with Crippen molar-refractivity contribution in [1.29, 1.82) is 0 Å². The monoisotopic (exact) mass is 290 g/mol. The van der Waals surface area contributed by atoms with E-state index >= 15 is 0 Å². The van der Waals surface area contributed by atoms with Crippen LogP contribution in [-0.2, 0) is 0 Å². The SMILES string of the molecule is Cc1cc(C)cc(N=C(NO)c2nonc2NCCN)c1. The second-order valence-corrected chi connectivity index (χ2v) is 4.60. The Morgan fingerprint density at radius 2 is 2.00 bits per heavy atom. The lowest BCUT2D eigenvalue weighted by Gasteiger charge is -2.05. The van der Waals surface area contributed by atoms with E-state index in [1.54, 1.807) is 0 Å². The first-order valence-electron chi connectivity index (χ1n) is 6.48. The number of hydrogen-bond donors (Lipinski definition) is 4. The van der Waals surface area contributed by atoms with Gasteiger partial charge in [-0.3, -0.25) is 10.7 Å². The van der Waals surface area contributed by atoms with Crippen LogP contribution >= 0.6 is 0 Å². The summed E-state index contributed by atoms with van der Waals surface area (Å²) in [5.41, 5.74) is 10.6. The Morgan fingerprint density at radius 1 is 1.29 bits per heavy atom. The average molecular weight is 290 g/mol. The molecule has 0 unspecified atom stereocenters. The molecule has 21 heavy (non-hydrogen) atoms. The van der Waals surface area contributed by atoms with E-state index in [0.717, 1.165) is 11.1 Å². The molecule has 1 heterocycles. The topological polar surface area (TPSA) is 122 Å². The molecular weight excluding hydrogens is 272 g/mol. The van der Waals surface area contributed by atoms with Gasteiger partial charge in [-0.25, -0.2) is 9.62 Å². The summed E-state index contributed by atoms with van der Waals surface area (Å²) in [4.78, 5) is 4.33. The molecule has 0 radical (unpaired) electrons. The van der Waals surface area contributed by atoms with Crippen LogP contribution in [0.2, 0.25) is 0 Å². The molecule has 0 aliphatic heterocycles. The first kappa shape index (κ1) is 14.9. The van der Waals surface area contributed by atoms with E-state index in [4.69, 9.17) is 5.73 Å². The van der Waals surface area contributed by atoms with Crippen LogP contribution in [0.3, 0.4) is 0 Å². The fourth-order valence-corrected chi connectivity index (χ4v) is 1.93. The zero-order chi connectivity index (χ0) is 15.2. The summed E-state index contributed by atoms with van der Waals surface area (Å²) < 4.78 is 4.68. The standard InChI is InChI=1S/C13H18N6O2/c1-8-5-9(2)7-10(6-8)16-13(17-20)11-12(15-4-3-14)19-21-18-11/h5-7,20H,3-4,14H2,1-2H3,(H,15,19)(H,16,17). The first-order valence-corrected chi connectivity index (χ1v) is 6.48. The van der Waals surface area contributed by atoms with Crippen molar-refractivity contribution in [2.24, 2.45) is 10.7 Å². The van der Waals surface area contributed by atoms with Crippen molar-refractivity contribution in [2.45, 2.75) is 13.8 Å². The third-order valence-electron chi connectivity index (χ3n) is 2.70. The van der Waals surface area contributed by atoms with Crippen molar-refractivity contribution >= 4 is 17.3 Å². The smallest absolute Gasteiger partial charge is 0.202 e. The molecule has 0 bridgehead atoms. The number of aliphatic imine (C=N–C) groups is 1. The quantitative estimate of drug-likeness (QED) is 0.369. The molecule has 0 saturated carbocycles. The summed E-state index contributed by atoms with van der Waals surface area (Å²) in [6, 6.07) is 5.83. The van der Waals surface area contributed by atoms with Crippen LogP contribution in [-0.4, -0.2) is 34.4 Å². The van der Waals surface area contributed by atoms with E-state index in [1.807, 2.05) is 37.5 Å². The van der Waals surface area contributed by atoms with Crippen LogP contribution < -0.4 is 16.5 Å². The zero-order valence-electron chi connectivity index (χ0n) is 11.9. The van der Waals surface area contributed by atoms with Crippen LogP contribution in [0.25, 0.3) is 0 Å². The van der Waals surface area contributed by atoms with Crippen molar-refractivity contribution in [3.05, 3.63) is 35.0 Å². The molecule has 0 atom stereocenters. The van der Waals surface area contributed by atoms with E-state index in [0.29, 0.717) is 24.6 Å². The van der Waals surface area contributed by atoms with Crippen LogP contribution in [0, 0.1) is 13.8 Å².